The molecule has 0 saturated carbocycles. The molecule has 0 saturated heterocycles. The van der Waals surface area contributed by atoms with Crippen LogP contribution in [0.4, 0.5) is 0 Å². The van der Waals surface area contributed by atoms with Gasteiger partial charge in [-0.2, -0.15) is 0 Å². The van der Waals surface area contributed by atoms with Crippen molar-refractivity contribution in [1.82, 2.24) is 0 Å². The normalized spacial score (nSPS) is 12.0. The predicted molar refractivity (Wildman–Crippen MR) is 156 cm³/mol. The van der Waals surface area contributed by atoms with E-state index in [0.29, 0.717) is 6.42 Å². The van der Waals surface area contributed by atoms with Crippen LogP contribution in [0.1, 0.15) is 167 Å². The summed E-state index contributed by atoms with van der Waals surface area (Å²) in [5.41, 5.74) is 0. The first-order valence-electron chi connectivity index (χ1n) is 14.7. The van der Waals surface area contributed by atoms with Crippen LogP contribution in [0.25, 0.3) is 0 Å². The highest BCUT2D eigenvalue weighted by Gasteiger charge is 2.10. The summed E-state index contributed by atoms with van der Waals surface area (Å²) in [5.74, 6) is 0. The molecule has 0 unspecified atom stereocenters. The fraction of sp³-hybridized carbons (Fsp3) is 1.00. The van der Waals surface area contributed by atoms with E-state index in [1.54, 1.807) is 0 Å². The van der Waals surface area contributed by atoms with Gasteiger partial charge in [0, 0.05) is 6.16 Å². The van der Waals surface area contributed by atoms with Crippen LogP contribution < -0.4 is 0 Å². The lowest BCUT2D eigenvalue weighted by Crippen LogP contribution is -1.88. The molecule has 0 aromatic heterocycles. The highest BCUT2D eigenvalue weighted by molar-refractivity contribution is 14.1. The standard InChI is InChI=1S/C28H58IO3P/c29-27-25-23-21-19-17-15-13-11-9-7-5-3-1-2-4-6-8-10-12-14-16-18-20-22-24-26-28-33(30,31)32/h1-28H2,(H2,30,31,32). The van der Waals surface area contributed by atoms with E-state index in [1.165, 1.54) is 152 Å². The van der Waals surface area contributed by atoms with Crippen LogP contribution >= 0.6 is 30.2 Å². The second-order valence-corrected chi connectivity index (χ2v) is 13.1. The van der Waals surface area contributed by atoms with Crippen molar-refractivity contribution < 1.29 is 14.4 Å². The van der Waals surface area contributed by atoms with Crippen LogP contribution in [0.2, 0.25) is 0 Å². The van der Waals surface area contributed by atoms with E-state index >= 15 is 0 Å². The number of alkyl halides is 1. The molecule has 0 amide bonds. The second-order valence-electron chi connectivity index (χ2n) is 10.3. The molecule has 0 aliphatic rings. The average Bonchev–Trinajstić information content (AvgIpc) is 2.78. The Morgan fingerprint density at radius 2 is 0.545 bits per heavy atom. The molecule has 0 radical (unpaired) electrons. The molecule has 0 aliphatic carbocycles. The van der Waals surface area contributed by atoms with Crippen molar-refractivity contribution in [2.24, 2.45) is 0 Å². The maximum atomic E-state index is 10.8. The quantitative estimate of drug-likeness (QED) is 0.0407. The molecule has 0 aliphatic heterocycles. The van der Waals surface area contributed by atoms with Gasteiger partial charge in [-0.25, -0.2) is 0 Å². The maximum absolute atomic E-state index is 10.8. The zero-order chi connectivity index (χ0) is 24.3. The van der Waals surface area contributed by atoms with E-state index in [9.17, 15) is 4.57 Å². The van der Waals surface area contributed by atoms with Crippen molar-refractivity contribution in [2.75, 3.05) is 10.6 Å². The van der Waals surface area contributed by atoms with E-state index < -0.39 is 7.60 Å². The van der Waals surface area contributed by atoms with Crippen LogP contribution in [0, 0.1) is 0 Å². The minimum absolute atomic E-state index is 0.0618. The van der Waals surface area contributed by atoms with Gasteiger partial charge in [0.05, 0.1) is 0 Å². The molecule has 0 bridgehead atoms. The minimum atomic E-state index is -3.77. The molecule has 0 aromatic rings. The summed E-state index contributed by atoms with van der Waals surface area (Å²) in [5, 5.41) is 0. The van der Waals surface area contributed by atoms with Crippen LogP contribution in [-0.2, 0) is 4.57 Å². The van der Waals surface area contributed by atoms with Crippen LogP contribution in [0.3, 0.4) is 0 Å². The smallest absolute Gasteiger partial charge is 0.324 e. The Hall–Kier alpha value is 0.880. The molecular formula is C28H58IO3P. The Labute approximate surface area is 221 Å². The fourth-order valence-electron chi connectivity index (χ4n) is 4.65. The van der Waals surface area contributed by atoms with E-state index in [0.717, 1.165) is 12.8 Å². The summed E-state index contributed by atoms with van der Waals surface area (Å²) in [6.45, 7) is 0. The van der Waals surface area contributed by atoms with Gasteiger partial charge in [-0.05, 0) is 17.3 Å². The highest BCUT2D eigenvalue weighted by Crippen LogP contribution is 2.35. The van der Waals surface area contributed by atoms with Crippen LogP contribution in [0.15, 0.2) is 0 Å². The molecule has 0 fully saturated rings. The Morgan fingerprint density at radius 1 is 0.364 bits per heavy atom. The summed E-state index contributed by atoms with van der Waals surface area (Å²) >= 11 is 2.49. The molecule has 0 atom stereocenters. The fourth-order valence-corrected chi connectivity index (χ4v) is 5.83. The van der Waals surface area contributed by atoms with E-state index in [-0.39, 0.29) is 6.16 Å². The molecule has 0 spiro atoms. The Kier molecular flexibility index (Phi) is 28.2. The van der Waals surface area contributed by atoms with E-state index in [2.05, 4.69) is 22.6 Å². The largest absolute Gasteiger partial charge is 0.325 e. The molecule has 0 aromatic carbocycles. The molecule has 5 heteroatoms. The lowest BCUT2D eigenvalue weighted by Gasteiger charge is -2.05. The molecule has 3 nitrogen and oxygen atoms in total. The number of rotatable bonds is 28. The number of hydrogen-bond acceptors (Lipinski definition) is 1. The van der Waals surface area contributed by atoms with Gasteiger partial charge in [-0.15, -0.1) is 0 Å². The van der Waals surface area contributed by atoms with Crippen LogP contribution in [-0.4, -0.2) is 20.4 Å². The first kappa shape index (κ1) is 33.9. The Bertz CT molecular complexity index is 414. The van der Waals surface area contributed by atoms with Crippen molar-refractivity contribution in [3.05, 3.63) is 0 Å². The summed E-state index contributed by atoms with van der Waals surface area (Å²) in [7, 11) is -3.77. The zero-order valence-corrected chi connectivity index (χ0v) is 25.0. The molecule has 2 N–H and O–H groups in total. The third-order valence-corrected chi connectivity index (χ3v) is 8.49. The maximum Gasteiger partial charge on any atom is 0.325 e. The minimum Gasteiger partial charge on any atom is -0.324 e. The van der Waals surface area contributed by atoms with Gasteiger partial charge in [-0.1, -0.05) is 177 Å². The average molecular weight is 601 g/mol. The number of hydrogen-bond donors (Lipinski definition) is 2. The molecule has 0 rings (SSSR count). The van der Waals surface area contributed by atoms with Crippen molar-refractivity contribution in [3.63, 3.8) is 0 Å². The van der Waals surface area contributed by atoms with Gasteiger partial charge in [0.25, 0.3) is 0 Å². The monoisotopic (exact) mass is 600 g/mol. The van der Waals surface area contributed by atoms with Gasteiger partial charge in [-0.3, -0.25) is 4.57 Å². The first-order valence-corrected chi connectivity index (χ1v) is 18.0. The van der Waals surface area contributed by atoms with Gasteiger partial charge < -0.3 is 9.79 Å². The lowest BCUT2D eigenvalue weighted by molar-refractivity contribution is 0.370. The van der Waals surface area contributed by atoms with Gasteiger partial charge in [0.15, 0.2) is 0 Å². The Morgan fingerprint density at radius 3 is 0.727 bits per heavy atom. The molecular weight excluding hydrogens is 542 g/mol. The van der Waals surface area contributed by atoms with Crippen LogP contribution in [0.5, 0.6) is 0 Å². The summed E-state index contributed by atoms with van der Waals surface area (Å²) in [4.78, 5) is 17.6. The van der Waals surface area contributed by atoms with Gasteiger partial charge in [0.2, 0.25) is 0 Å². The van der Waals surface area contributed by atoms with Crippen molar-refractivity contribution >= 4 is 30.2 Å². The molecule has 33 heavy (non-hydrogen) atoms. The second kappa shape index (κ2) is 27.5. The van der Waals surface area contributed by atoms with Crippen molar-refractivity contribution in [3.8, 4) is 0 Å². The predicted octanol–water partition coefficient (Wildman–Crippen LogP) is 10.7. The number of halogens is 1. The zero-order valence-electron chi connectivity index (χ0n) is 21.9. The van der Waals surface area contributed by atoms with Crippen molar-refractivity contribution in [1.29, 1.82) is 0 Å². The van der Waals surface area contributed by atoms with E-state index in [4.69, 9.17) is 9.79 Å². The van der Waals surface area contributed by atoms with E-state index in [1.807, 2.05) is 0 Å². The van der Waals surface area contributed by atoms with Crippen molar-refractivity contribution in [2.45, 2.75) is 167 Å². The SMILES string of the molecule is O=P(O)(O)CCCCCCCCCCCCCCCCCCCCCCCCCCCCI. The topological polar surface area (TPSA) is 57.5 Å². The third-order valence-electron chi connectivity index (χ3n) is 6.83. The lowest BCUT2D eigenvalue weighted by atomic mass is 10.0. The summed E-state index contributed by atoms with van der Waals surface area (Å²) in [6, 6.07) is 0. The van der Waals surface area contributed by atoms with Gasteiger partial charge in [0.1, 0.15) is 0 Å². The highest BCUT2D eigenvalue weighted by atomic mass is 127. The number of unbranched alkanes of at least 4 members (excludes halogenated alkanes) is 25. The first-order chi connectivity index (χ1) is 16.1. The summed E-state index contributed by atoms with van der Waals surface area (Å²) < 4.78 is 12.1. The third kappa shape index (κ3) is 32.9. The summed E-state index contributed by atoms with van der Waals surface area (Å²) in [6.07, 6.45) is 35.5. The molecule has 0 heterocycles. The van der Waals surface area contributed by atoms with Gasteiger partial charge >= 0.3 is 7.60 Å². The Balaban J connectivity index is 3.03. The molecule has 200 valence electrons.